The van der Waals surface area contributed by atoms with Gasteiger partial charge in [-0.25, -0.2) is 8.42 Å². The van der Waals surface area contributed by atoms with Crippen molar-refractivity contribution in [1.82, 2.24) is 0 Å². The summed E-state index contributed by atoms with van der Waals surface area (Å²) in [6, 6.07) is 0. The molecule has 12 heavy (non-hydrogen) atoms. The molecule has 1 N–H and O–H groups in total. The Kier molecular flexibility index (Phi) is 4.20. The summed E-state index contributed by atoms with van der Waals surface area (Å²) in [5.74, 6) is 0.0696. The molecule has 0 aliphatic rings. The minimum absolute atomic E-state index is 0.0442. The van der Waals surface area contributed by atoms with Crippen LogP contribution in [0.2, 0.25) is 0 Å². The van der Waals surface area contributed by atoms with Crippen LogP contribution in [0.1, 0.15) is 27.2 Å². The molecule has 3 nitrogen and oxygen atoms in total. The van der Waals surface area contributed by atoms with E-state index in [0.717, 1.165) is 0 Å². The molecule has 4 heteroatoms. The van der Waals surface area contributed by atoms with Crippen molar-refractivity contribution in [2.75, 3.05) is 18.1 Å². The summed E-state index contributed by atoms with van der Waals surface area (Å²) in [4.78, 5) is 0. The van der Waals surface area contributed by atoms with Crippen molar-refractivity contribution in [3.05, 3.63) is 0 Å². The van der Waals surface area contributed by atoms with E-state index in [9.17, 15) is 8.42 Å². The summed E-state index contributed by atoms with van der Waals surface area (Å²) >= 11 is 0. The summed E-state index contributed by atoms with van der Waals surface area (Å²) in [5.41, 5.74) is 0.0442. The van der Waals surface area contributed by atoms with E-state index in [1.807, 2.05) is 20.8 Å². The minimum Gasteiger partial charge on any atom is -0.395 e. The number of sulfone groups is 1. The van der Waals surface area contributed by atoms with Crippen LogP contribution in [0.15, 0.2) is 0 Å². The molecule has 0 aromatic heterocycles. The summed E-state index contributed by atoms with van der Waals surface area (Å²) < 4.78 is 22.2. The standard InChI is InChI=1S/C8H18O3S/c1-8(2,3)4-6-12(10,11)7-5-9/h9H,4-7H2,1-3H3. The van der Waals surface area contributed by atoms with Crippen LogP contribution in [0.3, 0.4) is 0 Å². The molecule has 0 fully saturated rings. The lowest BCUT2D eigenvalue weighted by Crippen LogP contribution is -2.18. The van der Waals surface area contributed by atoms with Gasteiger partial charge in [0.2, 0.25) is 0 Å². The molecule has 74 valence electrons. The average Bonchev–Trinajstić information content (AvgIpc) is 1.83. The number of rotatable bonds is 4. The molecule has 0 atom stereocenters. The zero-order valence-corrected chi connectivity index (χ0v) is 8.82. The molecule has 0 aromatic rings. The molecule has 0 saturated carbocycles. The Morgan fingerprint density at radius 2 is 1.67 bits per heavy atom. The predicted molar refractivity (Wildman–Crippen MR) is 49.8 cm³/mol. The highest BCUT2D eigenvalue weighted by atomic mass is 32.2. The van der Waals surface area contributed by atoms with Crippen molar-refractivity contribution in [2.24, 2.45) is 5.41 Å². The van der Waals surface area contributed by atoms with Gasteiger partial charge in [0.15, 0.2) is 9.84 Å². The molecule has 0 heterocycles. The first kappa shape index (κ1) is 11.9. The second-order valence-corrected chi connectivity index (χ2v) is 6.49. The van der Waals surface area contributed by atoms with Crippen LogP contribution in [0.5, 0.6) is 0 Å². The van der Waals surface area contributed by atoms with E-state index in [0.29, 0.717) is 6.42 Å². The van der Waals surface area contributed by atoms with Crippen molar-refractivity contribution in [2.45, 2.75) is 27.2 Å². The van der Waals surface area contributed by atoms with E-state index in [4.69, 9.17) is 5.11 Å². The first-order valence-electron chi connectivity index (χ1n) is 4.08. The van der Waals surface area contributed by atoms with Crippen LogP contribution in [0, 0.1) is 5.41 Å². The quantitative estimate of drug-likeness (QED) is 0.721. The molecule has 0 aliphatic carbocycles. The van der Waals surface area contributed by atoms with Crippen molar-refractivity contribution in [3.63, 3.8) is 0 Å². The zero-order chi connectivity index (χ0) is 9.83. The summed E-state index contributed by atoms with van der Waals surface area (Å²) in [6.07, 6.45) is 0.648. The molecule has 0 spiro atoms. The first-order chi connectivity index (χ1) is 5.27. The molecular weight excluding hydrogens is 176 g/mol. The largest absolute Gasteiger partial charge is 0.395 e. The van der Waals surface area contributed by atoms with Crippen LogP contribution in [0.25, 0.3) is 0 Å². The average molecular weight is 194 g/mol. The van der Waals surface area contributed by atoms with Crippen molar-refractivity contribution < 1.29 is 13.5 Å². The van der Waals surface area contributed by atoms with Gasteiger partial charge in [0, 0.05) is 0 Å². The Morgan fingerprint density at radius 3 is 2.00 bits per heavy atom. The third-order valence-electron chi connectivity index (χ3n) is 1.57. The van der Waals surface area contributed by atoms with E-state index < -0.39 is 9.84 Å². The second kappa shape index (κ2) is 4.23. The van der Waals surface area contributed by atoms with E-state index in [-0.39, 0.29) is 23.5 Å². The monoisotopic (exact) mass is 194 g/mol. The molecule has 0 radical (unpaired) electrons. The SMILES string of the molecule is CC(C)(C)CCS(=O)(=O)CCO. The minimum atomic E-state index is -3.01. The molecule has 0 saturated heterocycles. The second-order valence-electron chi connectivity index (χ2n) is 4.19. The highest BCUT2D eigenvalue weighted by Crippen LogP contribution is 2.19. The highest BCUT2D eigenvalue weighted by molar-refractivity contribution is 7.91. The van der Waals surface area contributed by atoms with Crippen LogP contribution >= 0.6 is 0 Å². The van der Waals surface area contributed by atoms with E-state index >= 15 is 0 Å². The van der Waals surface area contributed by atoms with Crippen LogP contribution < -0.4 is 0 Å². The Bertz CT molecular complexity index is 211. The molecular formula is C8H18O3S. The van der Waals surface area contributed by atoms with Gasteiger partial charge in [-0.15, -0.1) is 0 Å². The van der Waals surface area contributed by atoms with Crippen molar-refractivity contribution >= 4 is 9.84 Å². The van der Waals surface area contributed by atoms with Gasteiger partial charge in [0.25, 0.3) is 0 Å². The third kappa shape index (κ3) is 6.61. The van der Waals surface area contributed by atoms with Gasteiger partial charge in [-0.1, -0.05) is 20.8 Å². The number of aliphatic hydroxyl groups excluding tert-OH is 1. The lowest BCUT2D eigenvalue weighted by molar-refractivity contribution is 0.319. The van der Waals surface area contributed by atoms with Gasteiger partial charge in [0.05, 0.1) is 18.1 Å². The van der Waals surface area contributed by atoms with Gasteiger partial charge in [0.1, 0.15) is 0 Å². The van der Waals surface area contributed by atoms with Gasteiger partial charge in [-0.05, 0) is 11.8 Å². The maximum Gasteiger partial charge on any atom is 0.152 e. The number of hydrogen-bond donors (Lipinski definition) is 1. The molecule has 0 bridgehead atoms. The van der Waals surface area contributed by atoms with Gasteiger partial charge < -0.3 is 5.11 Å². The predicted octanol–water partition coefficient (Wildman–Crippen LogP) is 0.830. The molecule has 0 aliphatic heterocycles. The molecule has 0 aromatic carbocycles. The number of aliphatic hydroxyl groups is 1. The highest BCUT2D eigenvalue weighted by Gasteiger charge is 2.16. The van der Waals surface area contributed by atoms with Crippen LogP contribution in [-0.2, 0) is 9.84 Å². The Labute approximate surface area is 74.7 Å². The maximum atomic E-state index is 11.1. The fourth-order valence-electron chi connectivity index (χ4n) is 0.703. The summed E-state index contributed by atoms with van der Waals surface area (Å²) in [5, 5.41) is 8.45. The molecule has 0 rings (SSSR count). The van der Waals surface area contributed by atoms with Gasteiger partial charge in [-0.2, -0.15) is 0 Å². The van der Waals surface area contributed by atoms with Crippen molar-refractivity contribution in [1.29, 1.82) is 0 Å². The van der Waals surface area contributed by atoms with E-state index in [1.54, 1.807) is 0 Å². The molecule has 0 amide bonds. The fraction of sp³-hybridized carbons (Fsp3) is 1.00. The lowest BCUT2D eigenvalue weighted by atomic mass is 9.94. The lowest BCUT2D eigenvalue weighted by Gasteiger charge is -2.17. The first-order valence-corrected chi connectivity index (χ1v) is 5.90. The Hall–Kier alpha value is -0.0900. The van der Waals surface area contributed by atoms with Crippen molar-refractivity contribution in [3.8, 4) is 0 Å². The summed E-state index contributed by atoms with van der Waals surface area (Å²) in [6.45, 7) is 5.73. The fourth-order valence-corrected chi connectivity index (χ4v) is 2.11. The van der Waals surface area contributed by atoms with Gasteiger partial charge >= 0.3 is 0 Å². The van der Waals surface area contributed by atoms with E-state index in [2.05, 4.69) is 0 Å². The number of hydrogen-bond acceptors (Lipinski definition) is 3. The smallest absolute Gasteiger partial charge is 0.152 e. The van der Waals surface area contributed by atoms with Gasteiger partial charge in [-0.3, -0.25) is 0 Å². The van der Waals surface area contributed by atoms with E-state index in [1.165, 1.54) is 0 Å². The molecule has 0 unspecified atom stereocenters. The summed E-state index contributed by atoms with van der Waals surface area (Å²) in [7, 11) is -3.01. The van der Waals surface area contributed by atoms with Crippen LogP contribution in [0.4, 0.5) is 0 Å². The normalized spacial score (nSPS) is 13.3. The third-order valence-corrected chi connectivity index (χ3v) is 3.20. The topological polar surface area (TPSA) is 54.4 Å². The zero-order valence-electron chi connectivity index (χ0n) is 8.00. The Morgan fingerprint density at radius 1 is 1.17 bits per heavy atom. The Balaban J connectivity index is 3.94. The van der Waals surface area contributed by atoms with Crippen LogP contribution in [-0.4, -0.2) is 31.6 Å². The maximum absolute atomic E-state index is 11.1.